The van der Waals surface area contributed by atoms with E-state index in [0.717, 1.165) is 11.8 Å². The zero-order chi connectivity index (χ0) is 26.2. The number of carbonyl (C=O) groups is 2. The van der Waals surface area contributed by atoms with E-state index in [0.29, 0.717) is 17.9 Å². The average molecular weight is 504 g/mol. The van der Waals surface area contributed by atoms with Gasteiger partial charge in [0.05, 0.1) is 19.1 Å². The number of anilines is 1. The quantitative estimate of drug-likeness (QED) is 0.506. The fourth-order valence-electron chi connectivity index (χ4n) is 3.62. The van der Waals surface area contributed by atoms with Crippen molar-refractivity contribution in [2.45, 2.75) is 58.7 Å². The van der Waals surface area contributed by atoms with Crippen LogP contribution < -0.4 is 14.4 Å². The number of sulfonamides is 1. The summed E-state index contributed by atoms with van der Waals surface area (Å²) in [6.45, 7) is 7.74. The summed E-state index contributed by atoms with van der Waals surface area (Å²) in [5.41, 5.74) is 0.936. The van der Waals surface area contributed by atoms with Crippen molar-refractivity contribution in [1.82, 2.24) is 10.2 Å². The maximum Gasteiger partial charge on any atom is 0.242 e. The lowest BCUT2D eigenvalue weighted by atomic mass is 10.1. The van der Waals surface area contributed by atoms with Crippen molar-refractivity contribution in [3.8, 4) is 5.75 Å². The van der Waals surface area contributed by atoms with Crippen LogP contribution in [-0.2, 0) is 26.2 Å². The molecule has 9 heteroatoms. The lowest BCUT2D eigenvalue weighted by molar-refractivity contribution is -0.141. The molecule has 0 saturated carbocycles. The maximum absolute atomic E-state index is 13.3. The van der Waals surface area contributed by atoms with Gasteiger partial charge in [-0.05, 0) is 63.9 Å². The molecule has 2 aromatic carbocycles. The minimum Gasteiger partial charge on any atom is -0.497 e. The van der Waals surface area contributed by atoms with E-state index in [2.05, 4.69) is 5.32 Å². The Morgan fingerprint density at radius 1 is 1.06 bits per heavy atom. The van der Waals surface area contributed by atoms with Crippen molar-refractivity contribution in [2.75, 3.05) is 24.2 Å². The van der Waals surface area contributed by atoms with E-state index in [-0.39, 0.29) is 31.3 Å². The Morgan fingerprint density at radius 2 is 1.71 bits per heavy atom. The van der Waals surface area contributed by atoms with Gasteiger partial charge in [0.1, 0.15) is 11.8 Å². The summed E-state index contributed by atoms with van der Waals surface area (Å²) >= 11 is 0. The molecule has 2 amide bonds. The van der Waals surface area contributed by atoms with Crippen LogP contribution in [0.3, 0.4) is 0 Å². The summed E-state index contributed by atoms with van der Waals surface area (Å²) in [7, 11) is -1.94. The molecular formula is C26H37N3O5S. The molecule has 0 unspecified atom stereocenters. The van der Waals surface area contributed by atoms with E-state index in [1.807, 2.05) is 51.1 Å². The van der Waals surface area contributed by atoms with E-state index in [1.165, 1.54) is 9.21 Å². The fourth-order valence-corrected chi connectivity index (χ4v) is 4.59. The Kier molecular flexibility index (Phi) is 9.71. The highest BCUT2D eigenvalue weighted by Crippen LogP contribution is 2.20. The Bertz CT molecular complexity index is 1100. The summed E-state index contributed by atoms with van der Waals surface area (Å²) in [6.07, 6.45) is 1.55. The number of benzene rings is 2. The topological polar surface area (TPSA) is 96.0 Å². The van der Waals surface area contributed by atoms with Gasteiger partial charge in [0.25, 0.3) is 0 Å². The minimum atomic E-state index is -3.51. The Labute approximate surface area is 209 Å². The normalized spacial score (nSPS) is 12.5. The highest BCUT2D eigenvalue weighted by Gasteiger charge is 2.28. The van der Waals surface area contributed by atoms with Crippen molar-refractivity contribution in [2.24, 2.45) is 0 Å². The first kappa shape index (κ1) is 28.2. The molecule has 0 saturated heterocycles. The van der Waals surface area contributed by atoms with Crippen molar-refractivity contribution in [3.63, 3.8) is 0 Å². The highest BCUT2D eigenvalue weighted by molar-refractivity contribution is 7.92. The smallest absolute Gasteiger partial charge is 0.242 e. The van der Waals surface area contributed by atoms with Crippen LogP contribution >= 0.6 is 0 Å². The van der Waals surface area contributed by atoms with Crippen molar-refractivity contribution in [3.05, 3.63) is 60.2 Å². The number of hydrogen-bond donors (Lipinski definition) is 1. The van der Waals surface area contributed by atoms with Crippen LogP contribution in [-0.4, -0.2) is 56.6 Å². The van der Waals surface area contributed by atoms with Gasteiger partial charge in [-0.1, -0.05) is 30.3 Å². The molecule has 35 heavy (non-hydrogen) atoms. The average Bonchev–Trinajstić information content (AvgIpc) is 2.78. The predicted molar refractivity (Wildman–Crippen MR) is 139 cm³/mol. The van der Waals surface area contributed by atoms with Crippen molar-refractivity contribution >= 4 is 27.5 Å². The van der Waals surface area contributed by atoms with Crippen molar-refractivity contribution < 1.29 is 22.7 Å². The molecule has 8 nitrogen and oxygen atoms in total. The Balaban J connectivity index is 2.19. The molecule has 0 bridgehead atoms. The first-order valence-electron chi connectivity index (χ1n) is 11.6. The molecule has 1 N–H and O–H groups in total. The first-order valence-corrected chi connectivity index (χ1v) is 13.4. The maximum atomic E-state index is 13.3. The number of carbonyl (C=O) groups excluding carboxylic acids is 2. The summed E-state index contributed by atoms with van der Waals surface area (Å²) in [5.74, 6) is 0.176. The number of para-hydroxylation sites is 1. The molecule has 2 aromatic rings. The number of nitrogens with one attached hydrogen (secondary N) is 1. The third-order valence-corrected chi connectivity index (χ3v) is 6.54. The predicted octanol–water partition coefficient (Wildman–Crippen LogP) is 3.57. The lowest BCUT2D eigenvalue weighted by Crippen LogP contribution is -2.52. The summed E-state index contributed by atoms with van der Waals surface area (Å²) in [6, 6.07) is 15.4. The molecule has 0 heterocycles. The van der Waals surface area contributed by atoms with Crippen LogP contribution in [0.4, 0.5) is 5.69 Å². The largest absolute Gasteiger partial charge is 0.497 e. The van der Waals surface area contributed by atoms with Gasteiger partial charge >= 0.3 is 0 Å². The lowest BCUT2D eigenvalue weighted by Gasteiger charge is -2.32. The molecule has 0 spiro atoms. The zero-order valence-corrected chi connectivity index (χ0v) is 22.3. The van der Waals surface area contributed by atoms with Gasteiger partial charge in [-0.25, -0.2) is 8.42 Å². The van der Waals surface area contributed by atoms with Gasteiger partial charge in [-0.3, -0.25) is 13.9 Å². The monoisotopic (exact) mass is 503 g/mol. The third-order valence-electron chi connectivity index (χ3n) is 5.35. The molecule has 0 fully saturated rings. The Morgan fingerprint density at radius 3 is 2.29 bits per heavy atom. The van der Waals surface area contributed by atoms with Crippen LogP contribution in [0, 0.1) is 0 Å². The van der Waals surface area contributed by atoms with E-state index in [1.54, 1.807) is 38.3 Å². The fraction of sp³-hybridized carbons (Fsp3) is 0.462. The summed E-state index contributed by atoms with van der Waals surface area (Å²) in [5, 5.41) is 2.93. The zero-order valence-electron chi connectivity index (χ0n) is 21.4. The first-order chi connectivity index (χ1) is 16.3. The number of rotatable bonds is 11. The third kappa shape index (κ3) is 8.90. The highest BCUT2D eigenvalue weighted by atomic mass is 32.2. The summed E-state index contributed by atoms with van der Waals surface area (Å²) in [4.78, 5) is 27.8. The van der Waals surface area contributed by atoms with E-state index in [4.69, 9.17) is 4.74 Å². The molecule has 0 aliphatic heterocycles. The molecular weight excluding hydrogens is 466 g/mol. The van der Waals surface area contributed by atoms with E-state index >= 15 is 0 Å². The number of ether oxygens (including phenoxy) is 1. The molecule has 0 aliphatic rings. The van der Waals surface area contributed by atoms with E-state index < -0.39 is 21.6 Å². The standard InChI is InChI=1S/C26H37N3O5S/c1-20(25(31)27-26(2,3)4)28(19-21-12-10-15-23(18-21)34-5)24(30)16-11-17-29(35(6,32)33)22-13-8-7-9-14-22/h7-10,12-15,18,20H,11,16-17,19H2,1-6H3,(H,27,31)/t20-/m0/s1. The minimum absolute atomic E-state index is 0.0932. The van der Waals surface area contributed by atoms with Crippen LogP contribution in [0.5, 0.6) is 5.75 Å². The summed E-state index contributed by atoms with van der Waals surface area (Å²) < 4.78 is 31.3. The van der Waals surface area contributed by atoms with Crippen LogP contribution in [0.2, 0.25) is 0 Å². The van der Waals surface area contributed by atoms with Crippen LogP contribution in [0.25, 0.3) is 0 Å². The second-order valence-electron chi connectivity index (χ2n) is 9.56. The second-order valence-corrected chi connectivity index (χ2v) is 11.5. The molecule has 1 atom stereocenters. The molecule has 2 rings (SSSR count). The number of amides is 2. The van der Waals surface area contributed by atoms with Gasteiger partial charge in [0, 0.05) is 25.0 Å². The van der Waals surface area contributed by atoms with Crippen LogP contribution in [0.1, 0.15) is 46.1 Å². The molecule has 192 valence electrons. The van der Waals surface area contributed by atoms with Gasteiger partial charge in [0.15, 0.2) is 0 Å². The number of nitrogens with zero attached hydrogens (tertiary/aromatic N) is 2. The molecule has 0 aromatic heterocycles. The second kappa shape index (κ2) is 12.1. The number of hydrogen-bond acceptors (Lipinski definition) is 5. The van der Waals surface area contributed by atoms with Gasteiger partial charge in [-0.2, -0.15) is 0 Å². The van der Waals surface area contributed by atoms with Gasteiger partial charge in [0.2, 0.25) is 21.8 Å². The molecule has 0 radical (unpaired) electrons. The molecule has 0 aliphatic carbocycles. The van der Waals surface area contributed by atoms with Crippen LogP contribution in [0.15, 0.2) is 54.6 Å². The number of methoxy groups -OCH3 is 1. The SMILES string of the molecule is COc1cccc(CN(C(=O)CCCN(c2ccccc2)S(C)(=O)=O)[C@@H](C)C(=O)NC(C)(C)C)c1. The Hall–Kier alpha value is -3.07. The van der Waals surface area contributed by atoms with Crippen molar-refractivity contribution in [1.29, 1.82) is 0 Å². The van der Waals surface area contributed by atoms with E-state index in [9.17, 15) is 18.0 Å². The van der Waals surface area contributed by atoms with Gasteiger partial charge < -0.3 is 15.0 Å². The van der Waals surface area contributed by atoms with Gasteiger partial charge in [-0.15, -0.1) is 0 Å².